The quantitative estimate of drug-likeness (QED) is 0.489. The van der Waals surface area contributed by atoms with Crippen LogP contribution in [-0.4, -0.2) is 52.1 Å². The van der Waals surface area contributed by atoms with Gasteiger partial charge in [-0.2, -0.15) is 0 Å². The molecule has 1 aromatic carbocycles. The van der Waals surface area contributed by atoms with Gasteiger partial charge in [-0.3, -0.25) is 18.6 Å². The van der Waals surface area contributed by atoms with Gasteiger partial charge in [0.15, 0.2) is 11.2 Å². The van der Waals surface area contributed by atoms with Gasteiger partial charge in [0, 0.05) is 17.2 Å². The number of carbonyl (C=O) groups is 3. The van der Waals surface area contributed by atoms with Crippen molar-refractivity contribution in [2.24, 2.45) is 11.3 Å². The van der Waals surface area contributed by atoms with Crippen molar-refractivity contribution in [2.45, 2.75) is 55.5 Å². The van der Waals surface area contributed by atoms with Crippen molar-refractivity contribution < 1.29 is 32.8 Å². The fraction of sp³-hybridized carbons (Fsp3) is 0.522. The van der Waals surface area contributed by atoms with Gasteiger partial charge in [-0.05, 0) is 45.4 Å². The van der Waals surface area contributed by atoms with E-state index in [1.807, 2.05) is 19.1 Å². The Morgan fingerprint density at radius 1 is 1.13 bits per heavy atom. The second kappa shape index (κ2) is 7.98. The van der Waals surface area contributed by atoms with E-state index < -0.39 is 51.0 Å². The molecule has 1 saturated heterocycles. The van der Waals surface area contributed by atoms with Gasteiger partial charge in [0.1, 0.15) is 5.60 Å². The minimum atomic E-state index is -1.65. The summed E-state index contributed by atoms with van der Waals surface area (Å²) in [7, 11) is -1.51. The molecule has 1 spiro atoms. The molecule has 166 valence electrons. The van der Waals surface area contributed by atoms with Crippen LogP contribution in [0.5, 0.6) is 0 Å². The average molecular weight is 447 g/mol. The summed E-state index contributed by atoms with van der Waals surface area (Å²) in [5, 5.41) is -0.573. The van der Waals surface area contributed by atoms with Crippen LogP contribution in [-0.2, 0) is 39.4 Å². The van der Waals surface area contributed by atoms with Gasteiger partial charge in [-0.1, -0.05) is 23.8 Å². The Hall–Kier alpha value is -2.32. The Bertz CT molecular complexity index is 949. The zero-order valence-electron chi connectivity index (χ0n) is 17.8. The maximum absolute atomic E-state index is 13.6. The first-order chi connectivity index (χ1) is 14.8. The molecule has 0 amide bonds. The molecule has 1 unspecified atom stereocenters. The Morgan fingerprint density at radius 3 is 2.32 bits per heavy atom. The van der Waals surface area contributed by atoms with Crippen LogP contribution < -0.4 is 0 Å². The first-order valence-corrected chi connectivity index (χ1v) is 11.7. The van der Waals surface area contributed by atoms with Crippen LogP contribution in [0.15, 0.2) is 41.3 Å². The van der Waals surface area contributed by atoms with E-state index in [4.69, 9.17) is 14.2 Å². The summed E-state index contributed by atoms with van der Waals surface area (Å²) >= 11 is 0. The number of hydrogen-bond acceptors (Lipinski definition) is 7. The van der Waals surface area contributed by atoms with E-state index in [9.17, 15) is 18.6 Å². The lowest BCUT2D eigenvalue weighted by Gasteiger charge is -2.31. The zero-order valence-corrected chi connectivity index (χ0v) is 18.6. The first kappa shape index (κ1) is 21.9. The summed E-state index contributed by atoms with van der Waals surface area (Å²) in [5.74, 6) is -2.34. The number of carbonyl (C=O) groups excluding carboxylic acids is 3. The molecule has 0 radical (unpaired) electrons. The van der Waals surface area contributed by atoms with Crippen molar-refractivity contribution >= 4 is 28.5 Å². The van der Waals surface area contributed by atoms with Crippen molar-refractivity contribution in [3.05, 3.63) is 42.0 Å². The largest absolute Gasteiger partial charge is 0.465 e. The predicted octanol–water partition coefficient (Wildman–Crippen LogP) is 2.27. The Kier molecular flexibility index (Phi) is 5.64. The summed E-state index contributed by atoms with van der Waals surface area (Å²) < 4.78 is 30.2. The van der Waals surface area contributed by atoms with E-state index >= 15 is 0 Å². The van der Waals surface area contributed by atoms with Crippen molar-refractivity contribution in [3.63, 3.8) is 0 Å². The second-order valence-corrected chi connectivity index (χ2v) is 9.89. The van der Waals surface area contributed by atoms with E-state index in [-0.39, 0.29) is 31.8 Å². The van der Waals surface area contributed by atoms with E-state index in [0.717, 1.165) is 5.56 Å². The lowest BCUT2D eigenvalue weighted by molar-refractivity contribution is -0.174. The highest BCUT2D eigenvalue weighted by molar-refractivity contribution is 7.85. The van der Waals surface area contributed by atoms with Gasteiger partial charge >= 0.3 is 11.9 Å². The molecule has 3 aliphatic rings. The second-order valence-electron chi connectivity index (χ2n) is 8.28. The molecule has 2 bridgehead atoms. The van der Waals surface area contributed by atoms with Crippen LogP contribution in [0.1, 0.15) is 32.3 Å². The third-order valence-electron chi connectivity index (χ3n) is 6.49. The van der Waals surface area contributed by atoms with Gasteiger partial charge in [0.05, 0.1) is 35.4 Å². The van der Waals surface area contributed by atoms with Gasteiger partial charge in [-0.15, -0.1) is 0 Å². The molecular formula is C23H26O7S. The summed E-state index contributed by atoms with van der Waals surface area (Å²) in [5.41, 5.74) is -2.00. The molecule has 2 fully saturated rings. The molecular weight excluding hydrogens is 420 g/mol. The Balaban J connectivity index is 1.77. The number of aryl methyl sites for hydroxylation is 1. The number of hydrogen-bond donors (Lipinski definition) is 0. The van der Waals surface area contributed by atoms with Crippen LogP contribution in [0.3, 0.4) is 0 Å². The normalized spacial score (nSPS) is 31.2. The van der Waals surface area contributed by atoms with E-state index in [0.29, 0.717) is 4.90 Å². The third-order valence-corrected chi connectivity index (χ3v) is 8.31. The molecule has 0 aromatic heterocycles. The molecule has 1 aliphatic carbocycles. The minimum Gasteiger partial charge on any atom is -0.465 e. The highest BCUT2D eigenvalue weighted by Crippen LogP contribution is 2.60. The molecule has 31 heavy (non-hydrogen) atoms. The molecule has 0 N–H and O–H groups in total. The zero-order chi connectivity index (χ0) is 22.4. The van der Waals surface area contributed by atoms with Crippen LogP contribution in [0.4, 0.5) is 0 Å². The molecule has 7 nitrogen and oxygen atoms in total. The van der Waals surface area contributed by atoms with Crippen molar-refractivity contribution in [2.75, 3.05) is 13.2 Å². The van der Waals surface area contributed by atoms with Gasteiger partial charge < -0.3 is 14.2 Å². The number of fused-ring (bicyclic) bond motifs is 1. The number of rotatable bonds is 6. The van der Waals surface area contributed by atoms with Crippen LogP contribution in [0.25, 0.3) is 0 Å². The maximum atomic E-state index is 13.6. The molecule has 1 aromatic rings. The lowest BCUT2D eigenvalue weighted by atomic mass is 9.82. The topological polar surface area (TPSA) is 96.0 Å². The van der Waals surface area contributed by atoms with Gasteiger partial charge in [-0.25, -0.2) is 0 Å². The van der Waals surface area contributed by atoms with E-state index in [1.165, 1.54) is 6.08 Å². The SMILES string of the molecule is CCOC(=O)C1(C(=O)OCC)C[C@@H]2[C@@H](S(=O)c3ccc(C)cc3)[C@H]3C=CC(=O)[C@]2(C1)O3. The molecule has 2 aliphatic heterocycles. The minimum absolute atomic E-state index is 0.00312. The first-order valence-electron chi connectivity index (χ1n) is 10.5. The molecule has 1 saturated carbocycles. The number of benzene rings is 1. The van der Waals surface area contributed by atoms with Crippen molar-refractivity contribution in [1.29, 1.82) is 0 Å². The fourth-order valence-electron chi connectivity index (χ4n) is 5.07. The third kappa shape index (κ3) is 3.27. The summed E-state index contributed by atoms with van der Waals surface area (Å²) in [6, 6.07) is 7.35. The predicted molar refractivity (Wildman–Crippen MR) is 112 cm³/mol. The molecule has 2 heterocycles. The highest BCUT2D eigenvalue weighted by Gasteiger charge is 2.73. The molecule has 5 atom stereocenters. The lowest BCUT2D eigenvalue weighted by Crippen LogP contribution is -2.46. The summed E-state index contributed by atoms with van der Waals surface area (Å²) in [6.45, 7) is 5.43. The number of esters is 2. The number of ketones is 1. The van der Waals surface area contributed by atoms with Gasteiger partial charge in [0.2, 0.25) is 0 Å². The van der Waals surface area contributed by atoms with Crippen molar-refractivity contribution in [3.8, 4) is 0 Å². The van der Waals surface area contributed by atoms with Gasteiger partial charge in [0.25, 0.3) is 0 Å². The monoisotopic (exact) mass is 446 g/mol. The molecule has 8 heteroatoms. The van der Waals surface area contributed by atoms with Crippen molar-refractivity contribution in [1.82, 2.24) is 0 Å². The smallest absolute Gasteiger partial charge is 0.323 e. The van der Waals surface area contributed by atoms with Crippen LogP contribution >= 0.6 is 0 Å². The van der Waals surface area contributed by atoms with Crippen LogP contribution in [0, 0.1) is 18.3 Å². The van der Waals surface area contributed by atoms with Crippen LogP contribution in [0.2, 0.25) is 0 Å². The number of ether oxygens (including phenoxy) is 3. The van der Waals surface area contributed by atoms with E-state index in [1.54, 1.807) is 32.1 Å². The fourth-order valence-corrected chi connectivity index (χ4v) is 6.80. The standard InChI is InChI=1S/C23H26O7S/c1-4-28-20(25)22(21(26)29-5-2)12-16-19(31(27)15-8-6-14(3)7-9-15)17-10-11-18(24)23(16,13-22)30-17/h6-11,16-17,19H,4-5,12-13H2,1-3H3/t16-,17-,19-,23-,31?/m1/s1. The van der Waals surface area contributed by atoms with E-state index in [2.05, 4.69) is 0 Å². The Morgan fingerprint density at radius 2 is 1.74 bits per heavy atom. The highest BCUT2D eigenvalue weighted by atomic mass is 32.2. The average Bonchev–Trinajstić information content (AvgIpc) is 3.20. The maximum Gasteiger partial charge on any atom is 0.323 e. The molecule has 4 rings (SSSR count). The Labute approximate surface area is 183 Å². The summed E-state index contributed by atoms with van der Waals surface area (Å²) in [6.07, 6.45) is 2.37. The summed E-state index contributed by atoms with van der Waals surface area (Å²) in [4.78, 5) is 39.6.